The van der Waals surface area contributed by atoms with Crippen LogP contribution in [-0.2, 0) is 8.23 Å². The van der Waals surface area contributed by atoms with Crippen LogP contribution in [0.5, 0.6) is 0 Å². The van der Waals surface area contributed by atoms with E-state index in [0.717, 1.165) is 12.3 Å². The lowest BCUT2D eigenvalue weighted by molar-refractivity contribution is 0.332. The monoisotopic (exact) mass is 177 g/mol. The molecule has 2 aliphatic heterocycles. The first-order valence-corrected chi connectivity index (χ1v) is 6.53. The molecule has 0 aromatic rings. The lowest BCUT2D eigenvalue weighted by Crippen LogP contribution is -2.44. The first-order valence-electron chi connectivity index (χ1n) is 2.87. The molecule has 2 aliphatic rings. The Balaban J connectivity index is 1.95. The van der Waals surface area contributed by atoms with E-state index in [4.69, 9.17) is 8.23 Å². The van der Waals surface area contributed by atoms with Crippen molar-refractivity contribution < 1.29 is 8.23 Å². The smallest absolute Gasteiger partial charge is 0.362 e. The number of hydrogen-bond acceptors (Lipinski definition) is 4. The van der Waals surface area contributed by atoms with Gasteiger partial charge in [0.1, 0.15) is 4.67 Å². The van der Waals surface area contributed by atoms with Gasteiger partial charge in [-0.25, -0.2) is 0 Å². The van der Waals surface area contributed by atoms with Crippen LogP contribution in [0.2, 0.25) is 0 Å². The van der Waals surface area contributed by atoms with Crippen molar-refractivity contribution in [2.24, 2.45) is 4.99 Å². The minimum Gasteiger partial charge on any atom is -0.418 e. The lowest BCUT2D eigenvalue weighted by atomic mass is 10.8. The minimum absolute atomic E-state index is 0.509. The predicted octanol–water partition coefficient (Wildman–Crippen LogP) is -1.06. The van der Waals surface area contributed by atoms with Crippen LogP contribution >= 0.6 is 11.8 Å². The summed E-state index contributed by atoms with van der Waals surface area (Å²) in [6.45, 7) is 0.970. The van der Waals surface area contributed by atoms with E-state index in [1.54, 1.807) is 0 Å². The third-order valence-electron chi connectivity index (χ3n) is 1.25. The van der Waals surface area contributed by atoms with Crippen LogP contribution in [0.1, 0.15) is 0 Å². The summed E-state index contributed by atoms with van der Waals surface area (Å²) in [6, 6.07) is 0. The fourth-order valence-electron chi connectivity index (χ4n) is 0.773. The molecule has 1 fully saturated rings. The van der Waals surface area contributed by atoms with E-state index < -0.39 is 19.3 Å². The van der Waals surface area contributed by atoms with E-state index >= 15 is 0 Å². The molecular formula is C3H7NO2SSi2. The van der Waals surface area contributed by atoms with E-state index in [9.17, 15) is 0 Å². The minimum atomic E-state index is -1.28. The van der Waals surface area contributed by atoms with Crippen LogP contribution in [0.4, 0.5) is 0 Å². The van der Waals surface area contributed by atoms with Crippen LogP contribution in [-0.4, -0.2) is 36.3 Å². The molecule has 0 radical (unpaired) electrons. The molecule has 0 spiro atoms. The van der Waals surface area contributed by atoms with Crippen molar-refractivity contribution in [2.45, 2.75) is 0 Å². The number of rotatable bonds is 1. The summed E-state index contributed by atoms with van der Waals surface area (Å²) in [5.41, 5.74) is 0. The number of hydrogen-bond donors (Lipinski definition) is 0. The summed E-state index contributed by atoms with van der Waals surface area (Å²) in [7, 11) is -1.79. The molecule has 0 amide bonds. The Hall–Kier alpha value is 0.374. The summed E-state index contributed by atoms with van der Waals surface area (Å²) in [5, 5.41) is 0. The van der Waals surface area contributed by atoms with Crippen molar-refractivity contribution in [1.82, 2.24) is 0 Å². The van der Waals surface area contributed by atoms with Crippen molar-refractivity contribution in [3.8, 4) is 0 Å². The maximum absolute atomic E-state index is 5.32. The third kappa shape index (κ3) is 1.13. The molecule has 2 rings (SSSR count). The van der Waals surface area contributed by atoms with Gasteiger partial charge in [0, 0.05) is 12.3 Å². The van der Waals surface area contributed by atoms with Crippen LogP contribution in [0.25, 0.3) is 0 Å². The zero-order chi connectivity index (χ0) is 6.10. The quantitative estimate of drug-likeness (QED) is 0.478. The molecule has 0 aromatic carbocycles. The molecule has 50 valence electrons. The first kappa shape index (κ1) is 6.11. The fraction of sp³-hybridized carbons (Fsp3) is 0.667. The van der Waals surface area contributed by atoms with Gasteiger partial charge in [-0.3, -0.25) is 4.99 Å². The van der Waals surface area contributed by atoms with E-state index in [0.29, 0.717) is 0 Å². The molecule has 0 aliphatic carbocycles. The maximum atomic E-state index is 5.32. The van der Waals surface area contributed by atoms with Gasteiger partial charge in [-0.05, 0) is 0 Å². The van der Waals surface area contributed by atoms with Gasteiger partial charge in [0.25, 0.3) is 10.0 Å². The maximum Gasteiger partial charge on any atom is 0.362 e. The molecule has 0 bridgehead atoms. The lowest BCUT2D eigenvalue weighted by Gasteiger charge is -2.24. The van der Waals surface area contributed by atoms with Gasteiger partial charge in [-0.2, -0.15) is 0 Å². The molecule has 0 saturated carbocycles. The van der Waals surface area contributed by atoms with Crippen molar-refractivity contribution in [3.05, 3.63) is 0 Å². The normalized spacial score (nSPS) is 36.4. The van der Waals surface area contributed by atoms with Crippen molar-refractivity contribution in [1.29, 1.82) is 0 Å². The van der Waals surface area contributed by atoms with Crippen LogP contribution in [0, 0.1) is 0 Å². The Bertz CT molecular complexity index is 149. The Labute approximate surface area is 61.7 Å². The van der Waals surface area contributed by atoms with Crippen molar-refractivity contribution in [2.75, 3.05) is 12.3 Å². The molecule has 0 aromatic heterocycles. The zero-order valence-corrected chi connectivity index (χ0v) is 8.26. The Morgan fingerprint density at radius 3 is 3.00 bits per heavy atom. The van der Waals surface area contributed by atoms with E-state index in [2.05, 4.69) is 4.99 Å². The van der Waals surface area contributed by atoms with E-state index in [-0.39, 0.29) is 0 Å². The molecule has 0 N–H and O–H groups in total. The first-order chi connectivity index (χ1) is 4.47. The third-order valence-corrected chi connectivity index (χ3v) is 7.23. The largest absolute Gasteiger partial charge is 0.418 e. The number of thioether (sulfide) groups is 1. The average molecular weight is 177 g/mol. The van der Waals surface area contributed by atoms with E-state index in [1.807, 2.05) is 11.8 Å². The second-order valence-electron chi connectivity index (χ2n) is 1.85. The SMILES string of the molecule is C1CSC([SiH]2O[SiH2]O2)=N1. The highest BCUT2D eigenvalue weighted by atomic mass is 32.2. The highest BCUT2D eigenvalue weighted by Gasteiger charge is 2.30. The predicted molar refractivity (Wildman–Crippen MR) is 42.6 cm³/mol. The standard InChI is InChI=1S/C3H7NO2SSi2/c1-2-7-3(4-1)9-5-8-6-9/h9H,1-2,8H2. The molecular weight excluding hydrogens is 170 g/mol. The Morgan fingerprint density at radius 2 is 2.56 bits per heavy atom. The van der Waals surface area contributed by atoms with Crippen LogP contribution in [0.15, 0.2) is 4.99 Å². The Morgan fingerprint density at radius 1 is 1.67 bits per heavy atom. The van der Waals surface area contributed by atoms with Crippen LogP contribution in [0.3, 0.4) is 0 Å². The molecule has 2 heterocycles. The van der Waals surface area contributed by atoms with Crippen LogP contribution < -0.4 is 0 Å². The van der Waals surface area contributed by atoms with Gasteiger partial charge < -0.3 is 8.23 Å². The summed E-state index contributed by atoms with van der Waals surface area (Å²) < 4.78 is 11.8. The molecule has 1 saturated heterocycles. The zero-order valence-electron chi connectivity index (χ0n) is 4.87. The summed E-state index contributed by atoms with van der Waals surface area (Å²) in [6.07, 6.45) is 0. The molecule has 0 atom stereocenters. The highest BCUT2D eigenvalue weighted by molar-refractivity contribution is 8.17. The van der Waals surface area contributed by atoms with Crippen molar-refractivity contribution >= 4 is 35.7 Å². The summed E-state index contributed by atoms with van der Waals surface area (Å²) >= 11 is 1.81. The average Bonchev–Trinajstić information content (AvgIpc) is 2.11. The second-order valence-corrected chi connectivity index (χ2v) is 7.50. The van der Waals surface area contributed by atoms with Gasteiger partial charge in [0.2, 0.25) is 0 Å². The molecule has 9 heavy (non-hydrogen) atoms. The molecule has 3 nitrogen and oxygen atoms in total. The Kier molecular flexibility index (Phi) is 1.73. The summed E-state index contributed by atoms with van der Waals surface area (Å²) in [5.74, 6) is 1.13. The highest BCUT2D eigenvalue weighted by Crippen LogP contribution is 2.17. The van der Waals surface area contributed by atoms with Crippen molar-refractivity contribution in [3.63, 3.8) is 0 Å². The summed E-state index contributed by atoms with van der Waals surface area (Å²) in [4.78, 5) is 4.27. The number of nitrogens with zero attached hydrogens (tertiary/aromatic N) is 1. The van der Waals surface area contributed by atoms with Gasteiger partial charge in [-0.1, -0.05) is 0 Å². The van der Waals surface area contributed by atoms with Gasteiger partial charge in [-0.15, -0.1) is 11.8 Å². The second kappa shape index (κ2) is 2.55. The fourth-order valence-corrected chi connectivity index (χ4v) is 5.98. The van der Waals surface area contributed by atoms with E-state index in [1.165, 1.54) is 4.67 Å². The molecule has 6 heteroatoms. The van der Waals surface area contributed by atoms with Gasteiger partial charge in [0.15, 0.2) is 0 Å². The van der Waals surface area contributed by atoms with Gasteiger partial charge in [0.05, 0.1) is 0 Å². The topological polar surface area (TPSA) is 30.8 Å². The van der Waals surface area contributed by atoms with Gasteiger partial charge >= 0.3 is 9.28 Å². The number of aliphatic imine (C=N–C) groups is 1. The molecule has 0 unspecified atom stereocenters.